The number of ketones is 3. The molecule has 0 heterocycles. The van der Waals surface area contributed by atoms with Crippen LogP contribution in [0.3, 0.4) is 0 Å². The molecular formula is C27H33N3O7. The van der Waals surface area contributed by atoms with Crippen molar-refractivity contribution in [3.05, 3.63) is 45.4 Å². The third-order valence-electron chi connectivity index (χ3n) is 7.81. The number of allylic oxidation sites excluding steroid dienone is 2. The van der Waals surface area contributed by atoms with Crippen molar-refractivity contribution in [1.29, 1.82) is 0 Å². The maximum atomic E-state index is 13.9. The average molecular weight is 512 g/mol. The molecule has 0 saturated heterocycles. The molecule has 198 valence electrons. The highest BCUT2D eigenvalue weighted by Crippen LogP contribution is 2.52. The van der Waals surface area contributed by atoms with Crippen molar-refractivity contribution in [2.24, 2.45) is 29.4 Å². The minimum atomic E-state index is -1.25. The van der Waals surface area contributed by atoms with E-state index >= 15 is 0 Å². The minimum Gasteiger partial charge on any atom is -0.511 e. The fourth-order valence-corrected chi connectivity index (χ4v) is 6.21. The van der Waals surface area contributed by atoms with Crippen LogP contribution in [0.4, 0.5) is 5.69 Å². The van der Waals surface area contributed by atoms with Crippen LogP contribution < -0.4 is 10.6 Å². The molecule has 0 fully saturated rings. The SMILES string of the molecule is CC(C)C(=O)c1cc(N(C)C)c2c(c1O)C(=O)C1=C(O)C3C(=O)C(C(N)=O)=C(O)[C@@H](N(C)C)C3CC1C2. The Morgan fingerprint density at radius 3 is 2.19 bits per heavy atom. The second-order valence-corrected chi connectivity index (χ2v) is 10.9. The van der Waals surface area contributed by atoms with E-state index in [1.54, 1.807) is 57.9 Å². The normalized spacial score (nSPS) is 25.3. The summed E-state index contributed by atoms with van der Waals surface area (Å²) < 4.78 is 0. The van der Waals surface area contributed by atoms with Gasteiger partial charge in [0, 0.05) is 31.3 Å². The molecule has 3 aliphatic rings. The molecule has 0 aliphatic heterocycles. The Morgan fingerprint density at radius 1 is 1.05 bits per heavy atom. The number of amides is 1. The van der Waals surface area contributed by atoms with Gasteiger partial charge in [0.25, 0.3) is 5.91 Å². The van der Waals surface area contributed by atoms with Gasteiger partial charge >= 0.3 is 0 Å². The van der Waals surface area contributed by atoms with Gasteiger partial charge in [-0.05, 0) is 50.4 Å². The maximum absolute atomic E-state index is 13.9. The number of likely N-dealkylation sites (N-methyl/N-ethyl adjacent to an activating group) is 1. The molecule has 0 spiro atoms. The summed E-state index contributed by atoms with van der Waals surface area (Å²) in [5, 5.41) is 33.3. The van der Waals surface area contributed by atoms with Gasteiger partial charge < -0.3 is 26.0 Å². The molecule has 3 aliphatic carbocycles. The number of aliphatic hydroxyl groups excluding tert-OH is 2. The molecule has 3 unspecified atom stereocenters. The Balaban J connectivity index is 1.95. The van der Waals surface area contributed by atoms with E-state index in [2.05, 4.69) is 0 Å². The van der Waals surface area contributed by atoms with Gasteiger partial charge in [0.05, 0.1) is 23.1 Å². The highest BCUT2D eigenvalue weighted by atomic mass is 16.3. The molecular weight excluding hydrogens is 478 g/mol. The highest BCUT2D eigenvalue weighted by Gasteiger charge is 2.54. The molecule has 0 aromatic heterocycles. The van der Waals surface area contributed by atoms with Gasteiger partial charge in [-0.1, -0.05) is 13.8 Å². The number of anilines is 1. The first-order chi connectivity index (χ1) is 17.2. The van der Waals surface area contributed by atoms with Gasteiger partial charge in [0.15, 0.2) is 17.3 Å². The number of aromatic hydroxyl groups is 1. The summed E-state index contributed by atoms with van der Waals surface area (Å²) >= 11 is 0. The Morgan fingerprint density at radius 2 is 1.68 bits per heavy atom. The predicted molar refractivity (Wildman–Crippen MR) is 136 cm³/mol. The molecule has 5 N–H and O–H groups in total. The summed E-state index contributed by atoms with van der Waals surface area (Å²) in [6.45, 7) is 3.39. The maximum Gasteiger partial charge on any atom is 0.255 e. The van der Waals surface area contributed by atoms with Crippen molar-refractivity contribution in [3.8, 4) is 5.75 Å². The van der Waals surface area contributed by atoms with Crippen LogP contribution in [0.5, 0.6) is 5.75 Å². The van der Waals surface area contributed by atoms with Crippen LogP contribution >= 0.6 is 0 Å². The van der Waals surface area contributed by atoms with Crippen molar-refractivity contribution in [2.75, 3.05) is 33.1 Å². The van der Waals surface area contributed by atoms with Crippen LogP contribution in [0, 0.1) is 23.7 Å². The van der Waals surface area contributed by atoms with Crippen LogP contribution in [0.1, 0.15) is 46.5 Å². The number of carbonyl (C=O) groups is 4. The summed E-state index contributed by atoms with van der Waals surface area (Å²) in [4.78, 5) is 55.6. The third kappa shape index (κ3) is 3.81. The number of primary amides is 1. The number of fused-ring (bicyclic) bond motifs is 3. The Kier molecular flexibility index (Phi) is 6.44. The Bertz CT molecular complexity index is 1310. The smallest absolute Gasteiger partial charge is 0.255 e. The predicted octanol–water partition coefficient (Wildman–Crippen LogP) is 1.91. The van der Waals surface area contributed by atoms with E-state index in [4.69, 9.17) is 5.73 Å². The van der Waals surface area contributed by atoms with Gasteiger partial charge in [-0.2, -0.15) is 0 Å². The highest BCUT2D eigenvalue weighted by molar-refractivity contribution is 6.22. The largest absolute Gasteiger partial charge is 0.511 e. The van der Waals surface area contributed by atoms with Crippen LogP contribution in [0.2, 0.25) is 0 Å². The van der Waals surface area contributed by atoms with Crippen molar-refractivity contribution in [1.82, 2.24) is 4.90 Å². The van der Waals surface area contributed by atoms with Crippen molar-refractivity contribution in [2.45, 2.75) is 32.7 Å². The lowest BCUT2D eigenvalue weighted by molar-refractivity contribution is -0.127. The van der Waals surface area contributed by atoms with E-state index < -0.39 is 70.0 Å². The molecule has 10 nitrogen and oxygen atoms in total. The number of aliphatic hydroxyl groups is 2. The molecule has 0 radical (unpaired) electrons. The van der Waals surface area contributed by atoms with E-state index in [1.807, 2.05) is 0 Å². The summed E-state index contributed by atoms with van der Waals surface area (Å²) in [6, 6.07) is 0.808. The first kappa shape index (κ1) is 26.4. The summed E-state index contributed by atoms with van der Waals surface area (Å²) in [7, 11) is 6.91. The molecule has 4 rings (SSSR count). The molecule has 1 aromatic rings. The van der Waals surface area contributed by atoms with E-state index in [0.717, 1.165) is 0 Å². The van der Waals surface area contributed by atoms with E-state index in [0.29, 0.717) is 11.3 Å². The molecule has 37 heavy (non-hydrogen) atoms. The minimum absolute atomic E-state index is 0.0148. The molecule has 0 bridgehead atoms. The summed E-state index contributed by atoms with van der Waals surface area (Å²) in [5.41, 5.74) is 5.91. The number of hydrogen-bond donors (Lipinski definition) is 4. The van der Waals surface area contributed by atoms with Crippen LogP contribution in [-0.4, -0.2) is 77.7 Å². The fourth-order valence-electron chi connectivity index (χ4n) is 6.21. The zero-order chi connectivity index (χ0) is 27.7. The summed E-state index contributed by atoms with van der Waals surface area (Å²) in [5.74, 6) is -7.11. The fraction of sp³-hybridized carbons (Fsp3) is 0.481. The van der Waals surface area contributed by atoms with Gasteiger partial charge in [-0.25, -0.2) is 0 Å². The monoisotopic (exact) mass is 511 g/mol. The van der Waals surface area contributed by atoms with Crippen LogP contribution in [0.25, 0.3) is 0 Å². The number of rotatable bonds is 5. The molecule has 1 aromatic carbocycles. The number of nitrogens with zero attached hydrogens (tertiary/aromatic N) is 2. The average Bonchev–Trinajstić information content (AvgIpc) is 2.77. The van der Waals surface area contributed by atoms with Gasteiger partial charge in [-0.3, -0.25) is 24.1 Å². The molecule has 0 saturated carbocycles. The number of Topliss-reactive ketones (excluding diaryl/α,β-unsaturated/α-hetero) is 3. The summed E-state index contributed by atoms with van der Waals surface area (Å²) in [6.07, 6.45) is 0.530. The number of nitrogens with two attached hydrogens (primary N) is 1. The molecule has 1 amide bonds. The standard InChI is InChI=1S/C27H33N3O7/c1-10(2)21(31)14-9-15(29(3)4)12-7-11-8-13-18(24(34)16(11)23(33)17(12)22(14)32)25(35)19(27(28)37)26(36)20(13)30(5)6/h9-11,13,18,20,32,34,36H,7-8H2,1-6H3,(H2,28,37)/t11?,13?,18?,20-/m0/s1. The van der Waals surface area contributed by atoms with Gasteiger partial charge in [0.2, 0.25) is 0 Å². The first-order valence-electron chi connectivity index (χ1n) is 12.2. The molecule has 4 atom stereocenters. The lowest BCUT2D eigenvalue weighted by Crippen LogP contribution is -2.53. The quantitative estimate of drug-likeness (QED) is 0.342. The van der Waals surface area contributed by atoms with Gasteiger partial charge in [-0.15, -0.1) is 0 Å². The number of benzene rings is 1. The topological polar surface area (TPSA) is 161 Å². The van der Waals surface area contributed by atoms with E-state index in [-0.39, 0.29) is 35.3 Å². The number of carbonyl (C=O) groups excluding carboxylic acids is 4. The van der Waals surface area contributed by atoms with Crippen molar-refractivity contribution < 1.29 is 34.5 Å². The van der Waals surface area contributed by atoms with Crippen molar-refractivity contribution in [3.63, 3.8) is 0 Å². The van der Waals surface area contributed by atoms with Crippen molar-refractivity contribution >= 4 is 28.9 Å². The number of phenolic OH excluding ortho intramolecular Hbond substituents is 1. The first-order valence-corrected chi connectivity index (χ1v) is 12.2. The lowest BCUT2D eigenvalue weighted by atomic mass is 9.60. The zero-order valence-corrected chi connectivity index (χ0v) is 21.8. The number of phenols is 1. The second kappa shape index (κ2) is 9.02. The third-order valence-corrected chi connectivity index (χ3v) is 7.81. The van der Waals surface area contributed by atoms with Crippen LogP contribution in [-0.2, 0) is 16.0 Å². The number of hydrogen-bond acceptors (Lipinski definition) is 9. The zero-order valence-electron chi connectivity index (χ0n) is 21.8. The van der Waals surface area contributed by atoms with Gasteiger partial charge in [0.1, 0.15) is 22.8 Å². The lowest BCUT2D eigenvalue weighted by Gasteiger charge is -2.46. The van der Waals surface area contributed by atoms with E-state index in [9.17, 15) is 34.5 Å². The van der Waals surface area contributed by atoms with Crippen LogP contribution in [0.15, 0.2) is 28.7 Å². The molecule has 10 heteroatoms. The second-order valence-electron chi connectivity index (χ2n) is 10.9. The van der Waals surface area contributed by atoms with E-state index in [1.165, 1.54) is 0 Å². The Labute approximate surface area is 215 Å². The Hall–Kier alpha value is -3.66.